The zero-order valence-corrected chi connectivity index (χ0v) is 14.7. The number of pyridine rings is 1. The second kappa shape index (κ2) is 6.51. The van der Waals surface area contributed by atoms with Crippen molar-refractivity contribution in [1.82, 2.24) is 15.0 Å². The fourth-order valence-electron chi connectivity index (χ4n) is 2.69. The van der Waals surface area contributed by atoms with E-state index in [2.05, 4.69) is 31.2 Å². The quantitative estimate of drug-likeness (QED) is 0.719. The van der Waals surface area contributed by atoms with Crippen molar-refractivity contribution < 1.29 is 4.74 Å². The predicted molar refractivity (Wildman–Crippen MR) is 97.7 cm³/mol. The van der Waals surface area contributed by atoms with E-state index in [9.17, 15) is 0 Å². The number of rotatable bonds is 3. The minimum Gasteiger partial charge on any atom is -0.378 e. The minimum atomic E-state index is 0.241. The van der Waals surface area contributed by atoms with Crippen LogP contribution in [-0.4, -0.2) is 41.3 Å². The summed E-state index contributed by atoms with van der Waals surface area (Å²) in [7, 11) is 0. The second-order valence-corrected chi connectivity index (χ2v) is 7.12. The lowest BCUT2D eigenvalue weighted by atomic mass is 10.3. The largest absolute Gasteiger partial charge is 0.378 e. The minimum absolute atomic E-state index is 0.241. The van der Waals surface area contributed by atoms with Gasteiger partial charge in [-0.15, -0.1) is 11.3 Å². The van der Waals surface area contributed by atoms with Crippen LogP contribution in [-0.2, 0) is 4.74 Å². The van der Waals surface area contributed by atoms with Gasteiger partial charge >= 0.3 is 0 Å². The number of aromatic nitrogens is 3. The van der Waals surface area contributed by atoms with Crippen molar-refractivity contribution in [2.45, 2.75) is 6.92 Å². The van der Waals surface area contributed by atoms with Gasteiger partial charge in [0.25, 0.3) is 0 Å². The molecule has 1 aliphatic heterocycles. The number of fused-ring (bicyclic) bond motifs is 1. The van der Waals surface area contributed by atoms with Crippen molar-refractivity contribution in [3.63, 3.8) is 0 Å². The lowest BCUT2D eigenvalue weighted by Crippen LogP contribution is -2.36. The molecule has 0 saturated carbocycles. The van der Waals surface area contributed by atoms with Crippen molar-refractivity contribution in [3.8, 4) is 0 Å². The summed E-state index contributed by atoms with van der Waals surface area (Å²) in [5, 5.41) is 4.51. The number of hydrogen-bond acceptors (Lipinski definition) is 7. The molecule has 3 aromatic heterocycles. The van der Waals surface area contributed by atoms with Crippen molar-refractivity contribution in [3.05, 3.63) is 34.6 Å². The standard InChI is InChI=1S/C16H16ClN5OS/c1-10-8-12-14(20-16(17)21-15(12)24-10)19-11-2-3-13(18-9-11)22-4-6-23-7-5-22/h2-3,8-9H,4-7H2,1H3,(H,19,20,21). The van der Waals surface area contributed by atoms with Crippen LogP contribution in [0.2, 0.25) is 5.28 Å². The lowest BCUT2D eigenvalue weighted by molar-refractivity contribution is 0.122. The molecule has 1 N–H and O–H groups in total. The number of thiophene rings is 1. The smallest absolute Gasteiger partial charge is 0.225 e. The van der Waals surface area contributed by atoms with E-state index in [0.29, 0.717) is 5.82 Å². The maximum absolute atomic E-state index is 6.04. The van der Waals surface area contributed by atoms with Gasteiger partial charge < -0.3 is 15.0 Å². The summed E-state index contributed by atoms with van der Waals surface area (Å²) in [4.78, 5) is 17.4. The van der Waals surface area contributed by atoms with Crippen LogP contribution in [0.1, 0.15) is 4.88 Å². The summed E-state index contributed by atoms with van der Waals surface area (Å²) in [6.45, 7) is 5.28. The highest BCUT2D eigenvalue weighted by Gasteiger charge is 2.13. The van der Waals surface area contributed by atoms with Crippen molar-refractivity contribution in [2.75, 3.05) is 36.5 Å². The van der Waals surface area contributed by atoms with Gasteiger partial charge in [0.15, 0.2) is 0 Å². The van der Waals surface area contributed by atoms with E-state index < -0.39 is 0 Å². The highest BCUT2D eigenvalue weighted by atomic mass is 35.5. The molecular weight excluding hydrogens is 346 g/mol. The Morgan fingerprint density at radius 2 is 2.08 bits per heavy atom. The van der Waals surface area contributed by atoms with E-state index in [1.165, 1.54) is 4.88 Å². The number of nitrogens with zero attached hydrogens (tertiary/aromatic N) is 4. The average Bonchev–Trinajstić information content (AvgIpc) is 2.97. The number of hydrogen-bond donors (Lipinski definition) is 1. The molecule has 0 amide bonds. The van der Waals surface area contributed by atoms with Gasteiger partial charge in [-0.05, 0) is 36.7 Å². The van der Waals surface area contributed by atoms with Crippen LogP contribution < -0.4 is 10.2 Å². The Morgan fingerprint density at radius 3 is 2.83 bits per heavy atom. The molecular formula is C16H16ClN5OS. The first-order chi connectivity index (χ1) is 11.7. The molecule has 0 spiro atoms. The second-order valence-electron chi connectivity index (χ2n) is 5.55. The number of ether oxygens (including phenoxy) is 1. The van der Waals surface area contributed by atoms with Crippen LogP contribution >= 0.6 is 22.9 Å². The van der Waals surface area contributed by atoms with Crippen molar-refractivity contribution >= 4 is 50.5 Å². The average molecular weight is 362 g/mol. The third kappa shape index (κ3) is 3.15. The molecule has 1 fully saturated rings. The Bertz CT molecular complexity index is 861. The Balaban J connectivity index is 1.59. The number of aryl methyl sites for hydroxylation is 1. The van der Waals surface area contributed by atoms with Crippen LogP contribution in [0.25, 0.3) is 10.2 Å². The van der Waals surface area contributed by atoms with E-state index >= 15 is 0 Å². The van der Waals surface area contributed by atoms with Gasteiger partial charge in [0.05, 0.1) is 30.5 Å². The van der Waals surface area contributed by atoms with E-state index in [1.807, 2.05) is 25.3 Å². The first kappa shape index (κ1) is 15.6. The van der Waals surface area contributed by atoms with Gasteiger partial charge in [0.2, 0.25) is 5.28 Å². The number of morpholine rings is 1. The third-order valence-corrected chi connectivity index (χ3v) is 4.95. The molecule has 124 valence electrons. The van der Waals surface area contributed by atoms with Gasteiger partial charge in [0.1, 0.15) is 16.5 Å². The highest BCUT2D eigenvalue weighted by Crippen LogP contribution is 2.31. The first-order valence-electron chi connectivity index (χ1n) is 7.68. The molecule has 24 heavy (non-hydrogen) atoms. The molecule has 0 aromatic carbocycles. The summed E-state index contributed by atoms with van der Waals surface area (Å²) >= 11 is 7.64. The molecule has 1 aliphatic rings. The van der Waals surface area contributed by atoms with E-state index in [4.69, 9.17) is 16.3 Å². The fraction of sp³-hybridized carbons (Fsp3) is 0.312. The zero-order chi connectivity index (χ0) is 16.5. The number of anilines is 3. The SMILES string of the molecule is Cc1cc2c(Nc3ccc(N4CCOCC4)nc3)nc(Cl)nc2s1. The maximum Gasteiger partial charge on any atom is 0.225 e. The Hall–Kier alpha value is -1.96. The van der Waals surface area contributed by atoms with Gasteiger partial charge in [-0.1, -0.05) is 0 Å². The monoisotopic (exact) mass is 361 g/mol. The molecule has 0 radical (unpaired) electrons. The maximum atomic E-state index is 6.04. The van der Waals surface area contributed by atoms with Crippen LogP contribution in [0.4, 0.5) is 17.3 Å². The molecule has 4 rings (SSSR count). The molecule has 3 aromatic rings. The van der Waals surface area contributed by atoms with E-state index in [-0.39, 0.29) is 5.28 Å². The summed E-state index contributed by atoms with van der Waals surface area (Å²) < 4.78 is 5.37. The highest BCUT2D eigenvalue weighted by molar-refractivity contribution is 7.18. The van der Waals surface area contributed by atoms with Crippen LogP contribution in [0.15, 0.2) is 24.4 Å². The fourth-order valence-corrected chi connectivity index (χ4v) is 3.79. The van der Waals surface area contributed by atoms with Crippen LogP contribution in [0.3, 0.4) is 0 Å². The Morgan fingerprint density at radius 1 is 1.25 bits per heavy atom. The zero-order valence-electron chi connectivity index (χ0n) is 13.1. The van der Waals surface area contributed by atoms with Crippen LogP contribution in [0.5, 0.6) is 0 Å². The first-order valence-corrected chi connectivity index (χ1v) is 8.88. The number of nitrogens with one attached hydrogen (secondary N) is 1. The lowest BCUT2D eigenvalue weighted by Gasteiger charge is -2.27. The molecule has 0 bridgehead atoms. The summed E-state index contributed by atoms with van der Waals surface area (Å²) in [5.41, 5.74) is 0.868. The molecule has 4 heterocycles. The number of halogens is 1. The van der Waals surface area contributed by atoms with Gasteiger partial charge in [-0.25, -0.2) is 9.97 Å². The van der Waals surface area contributed by atoms with Gasteiger partial charge in [-0.3, -0.25) is 0 Å². The Labute approximate surface area is 148 Å². The molecule has 0 aliphatic carbocycles. The summed E-state index contributed by atoms with van der Waals surface area (Å²) in [6.07, 6.45) is 1.81. The molecule has 6 nitrogen and oxygen atoms in total. The van der Waals surface area contributed by atoms with Crippen molar-refractivity contribution in [1.29, 1.82) is 0 Å². The summed E-state index contributed by atoms with van der Waals surface area (Å²) in [6, 6.07) is 6.07. The van der Waals surface area contributed by atoms with E-state index in [1.54, 1.807) is 11.3 Å². The summed E-state index contributed by atoms with van der Waals surface area (Å²) in [5.74, 6) is 1.66. The van der Waals surface area contributed by atoms with Gasteiger partial charge in [0, 0.05) is 18.0 Å². The third-order valence-electron chi connectivity index (χ3n) is 3.83. The topological polar surface area (TPSA) is 63.2 Å². The molecule has 0 unspecified atom stereocenters. The van der Waals surface area contributed by atoms with E-state index in [0.717, 1.165) is 48.0 Å². The van der Waals surface area contributed by atoms with Gasteiger partial charge in [-0.2, -0.15) is 4.98 Å². The predicted octanol–water partition coefficient (Wildman–Crippen LogP) is 3.63. The van der Waals surface area contributed by atoms with Crippen molar-refractivity contribution in [2.24, 2.45) is 0 Å². The molecule has 8 heteroatoms. The Kier molecular flexibility index (Phi) is 4.22. The molecule has 0 atom stereocenters. The normalized spacial score (nSPS) is 15.0. The van der Waals surface area contributed by atoms with Crippen LogP contribution in [0, 0.1) is 6.92 Å². The molecule has 1 saturated heterocycles.